The third kappa shape index (κ3) is 7.84. The van der Waals surface area contributed by atoms with Crippen LogP contribution >= 0.6 is 24.0 Å². The van der Waals surface area contributed by atoms with Crippen LogP contribution in [-0.2, 0) is 6.42 Å². The van der Waals surface area contributed by atoms with Crippen LogP contribution in [0.5, 0.6) is 11.5 Å². The molecule has 0 bridgehead atoms. The fourth-order valence-corrected chi connectivity index (χ4v) is 2.75. The zero-order chi connectivity index (χ0) is 19.5. The maximum atomic E-state index is 5.95. The summed E-state index contributed by atoms with van der Waals surface area (Å²) in [4.78, 5) is 6.61. The van der Waals surface area contributed by atoms with Crippen molar-refractivity contribution in [1.29, 1.82) is 0 Å². The first-order valence-electron chi connectivity index (χ1n) is 9.15. The van der Waals surface area contributed by atoms with Crippen molar-refractivity contribution in [3.63, 3.8) is 0 Å². The number of ether oxygens (including phenoxy) is 2. The van der Waals surface area contributed by atoms with Gasteiger partial charge in [0.15, 0.2) is 17.5 Å². The van der Waals surface area contributed by atoms with Crippen molar-refractivity contribution >= 4 is 35.6 Å². The number of para-hydroxylation sites is 1. The molecule has 0 aliphatic rings. The Hall–Kier alpha value is -2.16. The molecule has 0 saturated heterocycles. The second-order valence-electron chi connectivity index (χ2n) is 6.24. The number of hydrogen-bond acceptors (Lipinski definition) is 4. The quantitative estimate of drug-likeness (QED) is 0.228. The molecule has 0 saturated carbocycles. The van der Waals surface area contributed by atoms with E-state index >= 15 is 0 Å². The lowest BCUT2D eigenvalue weighted by atomic mass is 10.1. The molecule has 6 nitrogen and oxygen atoms in total. The van der Waals surface area contributed by atoms with Gasteiger partial charge in [0.25, 0.3) is 0 Å². The van der Waals surface area contributed by atoms with E-state index in [0.717, 1.165) is 36.4 Å². The predicted molar refractivity (Wildman–Crippen MR) is 127 cm³/mol. The molecule has 0 aromatic heterocycles. The van der Waals surface area contributed by atoms with Crippen molar-refractivity contribution in [2.45, 2.75) is 12.8 Å². The molecule has 0 atom stereocenters. The SMILES string of the molecule is COc1ccc(CCNC(N)=NCCCN(C)c2ccccc2)cc1OC.I. The highest BCUT2D eigenvalue weighted by molar-refractivity contribution is 14.0. The summed E-state index contributed by atoms with van der Waals surface area (Å²) in [6.45, 7) is 2.35. The summed E-state index contributed by atoms with van der Waals surface area (Å²) in [5, 5.41) is 3.16. The van der Waals surface area contributed by atoms with Crippen LogP contribution in [-0.4, -0.2) is 46.9 Å². The average molecular weight is 498 g/mol. The molecule has 0 fully saturated rings. The number of guanidine groups is 1. The number of aliphatic imine (C=N–C) groups is 1. The van der Waals surface area contributed by atoms with E-state index in [0.29, 0.717) is 19.0 Å². The lowest BCUT2D eigenvalue weighted by molar-refractivity contribution is 0.354. The molecule has 0 radical (unpaired) electrons. The Labute approximate surface area is 185 Å². The van der Waals surface area contributed by atoms with E-state index in [4.69, 9.17) is 15.2 Å². The Morgan fingerprint density at radius 1 is 1.07 bits per heavy atom. The van der Waals surface area contributed by atoms with Crippen molar-refractivity contribution in [2.24, 2.45) is 10.7 Å². The third-order valence-electron chi connectivity index (χ3n) is 4.30. The smallest absolute Gasteiger partial charge is 0.188 e. The van der Waals surface area contributed by atoms with Crippen LogP contribution in [0.1, 0.15) is 12.0 Å². The van der Waals surface area contributed by atoms with Crippen LogP contribution in [0.25, 0.3) is 0 Å². The number of methoxy groups -OCH3 is 2. The topological polar surface area (TPSA) is 72.1 Å². The Morgan fingerprint density at radius 3 is 2.46 bits per heavy atom. The van der Waals surface area contributed by atoms with Crippen LogP contribution in [0.3, 0.4) is 0 Å². The van der Waals surface area contributed by atoms with Crippen LogP contribution in [0.15, 0.2) is 53.5 Å². The third-order valence-corrected chi connectivity index (χ3v) is 4.30. The Kier molecular flexibility index (Phi) is 11.2. The highest BCUT2D eigenvalue weighted by atomic mass is 127. The predicted octanol–water partition coefficient (Wildman–Crippen LogP) is 3.30. The summed E-state index contributed by atoms with van der Waals surface area (Å²) in [7, 11) is 5.36. The standard InChI is InChI=1S/C21H30N4O2.HI/c1-25(18-8-5-4-6-9-18)15-7-13-23-21(22)24-14-12-17-10-11-19(26-2)20(16-17)27-3;/h4-6,8-11,16H,7,12-15H2,1-3H3,(H3,22,23,24);1H. The molecule has 0 aliphatic heterocycles. The molecular formula is C21H31IN4O2. The number of nitrogens with zero attached hydrogens (tertiary/aromatic N) is 2. The van der Waals surface area contributed by atoms with Crippen molar-refractivity contribution in [3.05, 3.63) is 54.1 Å². The average Bonchev–Trinajstić information content (AvgIpc) is 2.71. The van der Waals surface area contributed by atoms with Crippen molar-refractivity contribution < 1.29 is 9.47 Å². The van der Waals surface area contributed by atoms with Crippen LogP contribution in [0, 0.1) is 0 Å². The van der Waals surface area contributed by atoms with Crippen molar-refractivity contribution in [3.8, 4) is 11.5 Å². The summed E-state index contributed by atoms with van der Waals surface area (Å²) in [6, 6.07) is 16.2. The van der Waals surface area contributed by atoms with E-state index in [9.17, 15) is 0 Å². The van der Waals surface area contributed by atoms with Gasteiger partial charge in [-0.3, -0.25) is 4.99 Å². The second-order valence-corrected chi connectivity index (χ2v) is 6.24. The number of nitrogens with one attached hydrogen (secondary N) is 1. The van der Waals surface area contributed by atoms with Crippen molar-refractivity contribution in [2.75, 3.05) is 45.8 Å². The minimum absolute atomic E-state index is 0. The van der Waals surface area contributed by atoms with Gasteiger partial charge in [0.2, 0.25) is 0 Å². The van der Waals surface area contributed by atoms with E-state index in [1.807, 2.05) is 36.4 Å². The molecule has 7 heteroatoms. The lowest BCUT2D eigenvalue weighted by Crippen LogP contribution is -2.33. The number of rotatable bonds is 10. The molecule has 2 rings (SSSR count). The number of benzene rings is 2. The molecular weight excluding hydrogens is 467 g/mol. The van der Waals surface area contributed by atoms with E-state index in [1.54, 1.807) is 14.2 Å². The first kappa shape index (κ1) is 23.9. The number of nitrogens with two attached hydrogens (primary N) is 1. The maximum Gasteiger partial charge on any atom is 0.188 e. The van der Waals surface area contributed by atoms with Crippen LogP contribution in [0.4, 0.5) is 5.69 Å². The minimum atomic E-state index is 0. The van der Waals surface area contributed by atoms with Gasteiger partial charge in [-0.05, 0) is 42.7 Å². The zero-order valence-corrected chi connectivity index (χ0v) is 19.2. The highest BCUT2D eigenvalue weighted by Crippen LogP contribution is 2.27. The Bertz CT molecular complexity index is 726. The van der Waals surface area contributed by atoms with Crippen LogP contribution < -0.4 is 25.4 Å². The summed E-state index contributed by atoms with van der Waals surface area (Å²) in [5.74, 6) is 1.95. The van der Waals surface area contributed by atoms with Gasteiger partial charge in [-0.1, -0.05) is 24.3 Å². The molecule has 2 aromatic rings. The molecule has 2 aromatic carbocycles. The van der Waals surface area contributed by atoms with Gasteiger partial charge >= 0.3 is 0 Å². The Balaban J connectivity index is 0.00000392. The van der Waals surface area contributed by atoms with Crippen LogP contribution in [0.2, 0.25) is 0 Å². The van der Waals surface area contributed by atoms with Gasteiger partial charge in [-0.25, -0.2) is 0 Å². The van der Waals surface area contributed by atoms with Gasteiger partial charge in [-0.15, -0.1) is 24.0 Å². The molecule has 0 spiro atoms. The van der Waals surface area contributed by atoms with Gasteiger partial charge < -0.3 is 25.4 Å². The first-order chi connectivity index (χ1) is 13.1. The highest BCUT2D eigenvalue weighted by Gasteiger charge is 2.04. The number of anilines is 1. The largest absolute Gasteiger partial charge is 0.493 e. The molecule has 0 amide bonds. The monoisotopic (exact) mass is 498 g/mol. The zero-order valence-electron chi connectivity index (χ0n) is 16.9. The van der Waals surface area contributed by atoms with Gasteiger partial charge in [-0.2, -0.15) is 0 Å². The van der Waals surface area contributed by atoms with E-state index in [-0.39, 0.29) is 24.0 Å². The second kappa shape index (κ2) is 13.1. The normalized spacial score (nSPS) is 10.8. The van der Waals surface area contributed by atoms with Gasteiger partial charge in [0.05, 0.1) is 14.2 Å². The van der Waals surface area contributed by atoms with Crippen molar-refractivity contribution in [1.82, 2.24) is 5.32 Å². The number of hydrogen-bond donors (Lipinski definition) is 2. The van der Waals surface area contributed by atoms with E-state index in [2.05, 4.69) is 34.4 Å². The summed E-state index contributed by atoms with van der Waals surface area (Å²) in [5.41, 5.74) is 8.31. The van der Waals surface area contributed by atoms with Gasteiger partial charge in [0.1, 0.15) is 0 Å². The lowest BCUT2D eigenvalue weighted by Gasteiger charge is -2.18. The summed E-state index contributed by atoms with van der Waals surface area (Å²) >= 11 is 0. The molecule has 3 N–H and O–H groups in total. The minimum Gasteiger partial charge on any atom is -0.493 e. The van der Waals surface area contributed by atoms with E-state index < -0.39 is 0 Å². The molecule has 0 aliphatic carbocycles. The molecule has 28 heavy (non-hydrogen) atoms. The first-order valence-corrected chi connectivity index (χ1v) is 9.15. The summed E-state index contributed by atoms with van der Waals surface area (Å²) < 4.78 is 10.6. The van der Waals surface area contributed by atoms with Gasteiger partial charge in [0, 0.05) is 32.4 Å². The molecule has 0 heterocycles. The fraction of sp³-hybridized carbons (Fsp3) is 0.381. The maximum absolute atomic E-state index is 5.95. The Morgan fingerprint density at radius 2 is 1.79 bits per heavy atom. The van der Waals surface area contributed by atoms with E-state index in [1.165, 1.54) is 5.69 Å². The molecule has 0 unspecified atom stereocenters. The summed E-state index contributed by atoms with van der Waals surface area (Å²) in [6.07, 6.45) is 1.77. The molecule has 154 valence electrons. The fourth-order valence-electron chi connectivity index (χ4n) is 2.75. The number of halogens is 1.